The molecule has 0 radical (unpaired) electrons. The zero-order valence-corrected chi connectivity index (χ0v) is 4.02. The molecule has 40 valence electrons. The highest BCUT2D eigenvalue weighted by molar-refractivity contribution is 5.81. The molecule has 0 saturated carbocycles. The van der Waals surface area contributed by atoms with Crippen molar-refractivity contribution in [3.05, 3.63) is 12.7 Å². The van der Waals surface area contributed by atoms with Crippen molar-refractivity contribution in [3.8, 4) is 0 Å². The lowest BCUT2D eigenvalue weighted by Crippen LogP contribution is -1.97. The van der Waals surface area contributed by atoms with Crippen molar-refractivity contribution >= 4 is 5.97 Å². The Morgan fingerprint density at radius 2 is 3.00 bits per heavy atom. The van der Waals surface area contributed by atoms with Crippen LogP contribution in [0.25, 0.3) is 0 Å². The molecule has 0 bridgehead atoms. The van der Waals surface area contributed by atoms with Crippen molar-refractivity contribution in [3.63, 3.8) is 0 Å². The second-order valence-electron chi connectivity index (χ2n) is 0.872. The summed E-state index contributed by atoms with van der Waals surface area (Å²) < 4.78 is 11.0. The van der Waals surface area contributed by atoms with Crippen LogP contribution in [0.4, 0.5) is 0 Å². The van der Waals surface area contributed by atoms with Crippen molar-refractivity contribution in [2.24, 2.45) is 0 Å². The summed E-state index contributed by atoms with van der Waals surface area (Å²) in [4.78, 5) is 10.1. The normalized spacial score (nSPS) is 9.43. The average molecular weight is 101 g/mol. The quantitative estimate of drug-likeness (QED) is 0.378. The molecule has 0 heterocycles. The molecule has 0 saturated heterocycles. The number of carbonyl (C=O) groups excluding carboxylic acids is 1. The Balaban J connectivity index is 3.11. The van der Waals surface area contributed by atoms with Crippen molar-refractivity contribution in [1.82, 2.24) is 0 Å². The zero-order chi connectivity index (χ0) is 6.41. The van der Waals surface area contributed by atoms with Crippen LogP contribution in [0.1, 0.15) is 8.27 Å². The summed E-state index contributed by atoms with van der Waals surface area (Å²) in [5.41, 5.74) is 0. The van der Waals surface area contributed by atoms with E-state index in [9.17, 15) is 4.79 Å². The highest BCUT2D eigenvalue weighted by Crippen LogP contribution is 1.74. The number of hydrogen-bond donors (Lipinski definition) is 0. The predicted octanol–water partition coefficient (Wildman–Crippen LogP) is 0.736. The molecule has 0 unspecified atom stereocenters. The minimum absolute atomic E-state index is 0.111. The van der Waals surface area contributed by atoms with Crippen LogP contribution >= 0.6 is 0 Å². The van der Waals surface area contributed by atoms with Gasteiger partial charge in [0.25, 0.3) is 0 Å². The highest BCUT2D eigenvalue weighted by atomic mass is 16.5. The van der Waals surface area contributed by atoms with E-state index < -0.39 is 5.97 Å². The third kappa shape index (κ3) is 3.03. The minimum atomic E-state index is -0.461. The lowest BCUT2D eigenvalue weighted by Gasteiger charge is -1.90. The van der Waals surface area contributed by atoms with Gasteiger partial charge in [-0.05, 0) is 6.90 Å². The van der Waals surface area contributed by atoms with E-state index in [1.165, 1.54) is 0 Å². The molecule has 0 N–H and O–H groups in total. The fourth-order valence-corrected chi connectivity index (χ4v) is 0.160. The summed E-state index contributed by atoms with van der Waals surface area (Å²) >= 11 is 0. The molecule has 0 atom stereocenters. The first-order chi connectivity index (χ1) is 3.81. The van der Waals surface area contributed by atoms with Gasteiger partial charge in [0.2, 0.25) is 0 Å². The molecule has 0 aliphatic heterocycles. The van der Waals surface area contributed by atoms with Gasteiger partial charge in [-0.25, -0.2) is 4.79 Å². The van der Waals surface area contributed by atoms with E-state index >= 15 is 0 Å². The Morgan fingerprint density at radius 3 is 3.43 bits per heavy atom. The average Bonchev–Trinajstić information content (AvgIpc) is 1.83. The maximum Gasteiger partial charge on any atom is 0.330 e. The molecule has 0 fully saturated rings. The second kappa shape index (κ2) is 3.40. The van der Waals surface area contributed by atoms with Crippen LogP contribution in [-0.2, 0) is 9.53 Å². The lowest BCUT2D eigenvalue weighted by atomic mass is 10.6. The summed E-state index contributed by atoms with van der Waals surface area (Å²) in [5, 5.41) is 0. The molecule has 7 heavy (non-hydrogen) atoms. The molecule has 0 aliphatic carbocycles. The van der Waals surface area contributed by atoms with Crippen molar-refractivity contribution in [2.45, 2.75) is 6.90 Å². The van der Waals surface area contributed by atoms with Crippen LogP contribution < -0.4 is 0 Å². The number of ether oxygens (including phenoxy) is 1. The van der Waals surface area contributed by atoms with Crippen LogP contribution in [0.15, 0.2) is 12.7 Å². The second-order valence-corrected chi connectivity index (χ2v) is 0.872. The first-order valence-corrected chi connectivity index (χ1v) is 1.89. The van der Waals surface area contributed by atoms with E-state index in [1.54, 1.807) is 0 Å². The van der Waals surface area contributed by atoms with E-state index in [1.807, 2.05) is 0 Å². The van der Waals surface area contributed by atoms with Gasteiger partial charge in [0.1, 0.15) is 0 Å². The summed E-state index contributed by atoms with van der Waals surface area (Å²) in [6.45, 7) is 3.45. The fraction of sp³-hybridized carbons (Fsp3) is 0.400. The summed E-state index contributed by atoms with van der Waals surface area (Å²) in [6, 6.07) is 0. The molecule has 2 heteroatoms. The Bertz CT molecular complexity index is 90.4. The monoisotopic (exact) mass is 101 g/mol. The standard InChI is InChI=1S/C5H8O2/c1-3-5(6)7-4-2/h3H,1,4H2,2H3/i2D. The van der Waals surface area contributed by atoms with Crippen molar-refractivity contribution < 1.29 is 10.9 Å². The molecule has 0 aromatic carbocycles. The van der Waals surface area contributed by atoms with Gasteiger partial charge in [-0.1, -0.05) is 6.58 Å². The molecule has 2 nitrogen and oxygen atoms in total. The summed E-state index contributed by atoms with van der Waals surface area (Å²) in [7, 11) is 0. The SMILES string of the molecule is [2H]CCOC(=O)C=C. The Hall–Kier alpha value is -0.790. The molecular weight excluding hydrogens is 92.1 g/mol. The summed E-state index contributed by atoms with van der Waals surface area (Å²) in [5.74, 6) is -0.461. The van der Waals surface area contributed by atoms with E-state index in [0.29, 0.717) is 0 Å². The topological polar surface area (TPSA) is 26.3 Å². The third-order valence-electron chi connectivity index (χ3n) is 0.411. The van der Waals surface area contributed by atoms with Crippen LogP contribution in [0.5, 0.6) is 0 Å². The molecule has 0 aliphatic rings. The van der Waals surface area contributed by atoms with Crippen molar-refractivity contribution in [2.75, 3.05) is 6.61 Å². The first-order valence-electron chi connectivity index (χ1n) is 2.60. The molecule has 0 amide bonds. The Labute approximate surface area is 44.2 Å². The van der Waals surface area contributed by atoms with Gasteiger partial charge in [0.05, 0.1) is 6.61 Å². The van der Waals surface area contributed by atoms with Crippen LogP contribution in [0, 0.1) is 0 Å². The Kier molecular flexibility index (Phi) is 2.12. The van der Waals surface area contributed by atoms with Crippen LogP contribution in [0.3, 0.4) is 0 Å². The molecule has 0 aromatic heterocycles. The zero-order valence-electron chi connectivity index (χ0n) is 5.02. The maximum absolute atomic E-state index is 10.1. The number of rotatable bonds is 2. The van der Waals surface area contributed by atoms with E-state index in [4.69, 9.17) is 1.37 Å². The third-order valence-corrected chi connectivity index (χ3v) is 0.411. The molecular formula is C5H8O2. The van der Waals surface area contributed by atoms with E-state index in [2.05, 4.69) is 11.3 Å². The van der Waals surface area contributed by atoms with Gasteiger partial charge in [-0.15, -0.1) is 0 Å². The maximum atomic E-state index is 10.1. The molecule has 0 rings (SSSR count). The highest BCUT2D eigenvalue weighted by Gasteiger charge is 1.86. The smallest absolute Gasteiger partial charge is 0.330 e. The van der Waals surface area contributed by atoms with E-state index in [0.717, 1.165) is 6.08 Å². The number of carbonyl (C=O) groups is 1. The van der Waals surface area contributed by atoms with Gasteiger partial charge < -0.3 is 4.74 Å². The molecule has 0 spiro atoms. The van der Waals surface area contributed by atoms with E-state index in [-0.39, 0.29) is 13.5 Å². The fourth-order valence-electron chi connectivity index (χ4n) is 0.160. The van der Waals surface area contributed by atoms with Crippen molar-refractivity contribution in [1.29, 1.82) is 0 Å². The van der Waals surface area contributed by atoms with Gasteiger partial charge in [0, 0.05) is 7.45 Å². The molecule has 0 aromatic rings. The first kappa shape index (κ1) is 4.37. The Morgan fingerprint density at radius 1 is 2.29 bits per heavy atom. The lowest BCUT2D eigenvalue weighted by molar-refractivity contribution is -0.137. The van der Waals surface area contributed by atoms with Crippen LogP contribution in [-0.4, -0.2) is 12.6 Å². The number of hydrogen-bond acceptors (Lipinski definition) is 2. The summed E-state index contributed by atoms with van der Waals surface area (Å²) in [6.07, 6.45) is 1.08. The number of esters is 1. The van der Waals surface area contributed by atoms with Gasteiger partial charge >= 0.3 is 5.97 Å². The minimum Gasteiger partial charge on any atom is -0.463 e. The van der Waals surface area contributed by atoms with Gasteiger partial charge in [0.15, 0.2) is 0 Å². The van der Waals surface area contributed by atoms with Gasteiger partial charge in [-0.2, -0.15) is 0 Å². The van der Waals surface area contributed by atoms with Crippen LogP contribution in [0.2, 0.25) is 0 Å². The predicted molar refractivity (Wildman–Crippen MR) is 26.8 cm³/mol. The van der Waals surface area contributed by atoms with Gasteiger partial charge in [-0.3, -0.25) is 0 Å². The largest absolute Gasteiger partial charge is 0.463 e.